The van der Waals surface area contributed by atoms with E-state index in [4.69, 9.17) is 14.6 Å². The van der Waals surface area contributed by atoms with Gasteiger partial charge in [-0.05, 0) is 12.5 Å². The number of carboxylic acids is 1. The van der Waals surface area contributed by atoms with Crippen LogP contribution in [0.15, 0.2) is 18.2 Å². The first-order valence-electron chi connectivity index (χ1n) is 6.05. The SMILES string of the molecule is O=C(O)[C@H]1C[C@H]1C(=O)NCc1cccc2c1OCO2. The van der Waals surface area contributed by atoms with Crippen LogP contribution in [0.1, 0.15) is 12.0 Å². The molecule has 1 aromatic carbocycles. The third-order valence-corrected chi connectivity index (χ3v) is 3.38. The Morgan fingerprint density at radius 3 is 2.89 bits per heavy atom. The molecule has 2 aliphatic rings. The number of benzene rings is 1. The number of aliphatic carboxylic acids is 1. The van der Waals surface area contributed by atoms with E-state index in [-0.39, 0.29) is 12.7 Å². The van der Waals surface area contributed by atoms with Crippen molar-refractivity contribution in [2.75, 3.05) is 6.79 Å². The molecule has 1 heterocycles. The van der Waals surface area contributed by atoms with E-state index in [1.807, 2.05) is 12.1 Å². The lowest BCUT2D eigenvalue weighted by molar-refractivity contribution is -0.140. The van der Waals surface area contributed by atoms with Crippen molar-refractivity contribution in [3.8, 4) is 11.5 Å². The summed E-state index contributed by atoms with van der Waals surface area (Å²) in [6.45, 7) is 0.498. The number of hydrogen-bond acceptors (Lipinski definition) is 4. The summed E-state index contributed by atoms with van der Waals surface area (Å²) < 4.78 is 10.6. The summed E-state index contributed by atoms with van der Waals surface area (Å²) in [5.74, 6) is -0.733. The molecule has 1 saturated carbocycles. The van der Waals surface area contributed by atoms with Crippen LogP contribution in [0.5, 0.6) is 11.5 Å². The highest BCUT2D eigenvalue weighted by Crippen LogP contribution is 2.39. The number of hydrogen-bond donors (Lipinski definition) is 2. The first-order chi connectivity index (χ1) is 9.16. The average molecular weight is 263 g/mol. The Bertz CT molecular complexity index is 542. The van der Waals surface area contributed by atoms with Gasteiger partial charge in [0.05, 0.1) is 11.8 Å². The molecule has 6 nitrogen and oxygen atoms in total. The number of carbonyl (C=O) groups is 2. The predicted molar refractivity (Wildman–Crippen MR) is 63.6 cm³/mol. The molecular formula is C13H13NO5. The Labute approximate surface area is 109 Å². The minimum absolute atomic E-state index is 0.185. The van der Waals surface area contributed by atoms with Gasteiger partial charge in [-0.15, -0.1) is 0 Å². The lowest BCUT2D eigenvalue weighted by Crippen LogP contribution is -2.26. The van der Waals surface area contributed by atoms with Gasteiger partial charge in [0, 0.05) is 12.1 Å². The van der Waals surface area contributed by atoms with Crippen LogP contribution in [0, 0.1) is 11.8 Å². The first-order valence-corrected chi connectivity index (χ1v) is 6.05. The molecule has 1 aliphatic heterocycles. The maximum Gasteiger partial charge on any atom is 0.307 e. The Morgan fingerprint density at radius 1 is 1.32 bits per heavy atom. The van der Waals surface area contributed by atoms with E-state index >= 15 is 0 Å². The first kappa shape index (κ1) is 11.8. The third-order valence-electron chi connectivity index (χ3n) is 3.38. The van der Waals surface area contributed by atoms with Gasteiger partial charge >= 0.3 is 5.97 Å². The molecule has 0 unspecified atom stereocenters. The maximum atomic E-state index is 11.7. The predicted octanol–water partition coefficient (Wildman–Crippen LogP) is 0.752. The Hall–Kier alpha value is -2.24. The number of ether oxygens (including phenoxy) is 2. The van der Waals surface area contributed by atoms with Crippen molar-refractivity contribution in [2.24, 2.45) is 11.8 Å². The van der Waals surface area contributed by atoms with Gasteiger partial charge in [0.15, 0.2) is 11.5 Å². The van der Waals surface area contributed by atoms with Gasteiger partial charge < -0.3 is 19.9 Å². The molecule has 1 fully saturated rings. The molecule has 0 aromatic heterocycles. The molecule has 0 bridgehead atoms. The summed E-state index contributed by atoms with van der Waals surface area (Å²) in [6, 6.07) is 5.47. The highest BCUT2D eigenvalue weighted by atomic mass is 16.7. The van der Waals surface area contributed by atoms with Crippen LogP contribution in [0.3, 0.4) is 0 Å². The molecule has 6 heteroatoms. The fourth-order valence-corrected chi connectivity index (χ4v) is 2.20. The summed E-state index contributed by atoms with van der Waals surface area (Å²) in [5, 5.41) is 11.5. The van der Waals surface area contributed by atoms with E-state index in [0.717, 1.165) is 5.56 Å². The molecule has 0 saturated heterocycles. The van der Waals surface area contributed by atoms with Crippen LogP contribution in [0.25, 0.3) is 0 Å². The van der Waals surface area contributed by atoms with Crippen molar-refractivity contribution < 1.29 is 24.2 Å². The minimum Gasteiger partial charge on any atom is -0.481 e. The molecule has 3 rings (SSSR count). The third kappa shape index (κ3) is 2.21. The van der Waals surface area contributed by atoms with Gasteiger partial charge in [0.25, 0.3) is 0 Å². The summed E-state index contributed by atoms with van der Waals surface area (Å²) in [6.07, 6.45) is 0.424. The zero-order valence-electron chi connectivity index (χ0n) is 10.1. The fourth-order valence-electron chi connectivity index (χ4n) is 2.20. The molecule has 2 N–H and O–H groups in total. The largest absolute Gasteiger partial charge is 0.481 e. The number of carbonyl (C=O) groups excluding carboxylic acids is 1. The second-order valence-electron chi connectivity index (χ2n) is 4.66. The van der Waals surface area contributed by atoms with Gasteiger partial charge in [-0.25, -0.2) is 0 Å². The monoisotopic (exact) mass is 263 g/mol. The Morgan fingerprint density at radius 2 is 2.16 bits per heavy atom. The van der Waals surface area contributed by atoms with Gasteiger partial charge in [-0.2, -0.15) is 0 Å². The van der Waals surface area contributed by atoms with E-state index in [1.165, 1.54) is 0 Å². The van der Waals surface area contributed by atoms with E-state index in [0.29, 0.717) is 24.5 Å². The van der Waals surface area contributed by atoms with E-state index in [1.54, 1.807) is 6.07 Å². The number of amides is 1. The number of para-hydroxylation sites is 1. The summed E-state index contributed by atoms with van der Waals surface area (Å²) in [5.41, 5.74) is 0.830. The molecule has 1 aromatic rings. The van der Waals surface area contributed by atoms with E-state index in [2.05, 4.69) is 5.32 Å². The van der Waals surface area contributed by atoms with E-state index in [9.17, 15) is 9.59 Å². The van der Waals surface area contributed by atoms with Crippen molar-refractivity contribution in [1.29, 1.82) is 0 Å². The van der Waals surface area contributed by atoms with Gasteiger partial charge in [0.2, 0.25) is 12.7 Å². The molecule has 19 heavy (non-hydrogen) atoms. The number of nitrogens with one attached hydrogen (secondary N) is 1. The normalized spacial score (nSPS) is 22.9. The van der Waals surface area contributed by atoms with Crippen molar-refractivity contribution >= 4 is 11.9 Å². The highest BCUT2D eigenvalue weighted by molar-refractivity contribution is 5.89. The van der Waals surface area contributed by atoms with Crippen LogP contribution in [-0.4, -0.2) is 23.8 Å². The minimum atomic E-state index is -0.905. The van der Waals surface area contributed by atoms with Gasteiger partial charge in [0.1, 0.15) is 0 Å². The van der Waals surface area contributed by atoms with Crippen LogP contribution < -0.4 is 14.8 Å². The van der Waals surface area contributed by atoms with E-state index < -0.39 is 17.8 Å². The van der Waals surface area contributed by atoms with Crippen LogP contribution in [0.4, 0.5) is 0 Å². The lowest BCUT2D eigenvalue weighted by Gasteiger charge is -2.07. The quantitative estimate of drug-likeness (QED) is 0.837. The van der Waals surface area contributed by atoms with Crippen molar-refractivity contribution in [3.05, 3.63) is 23.8 Å². The zero-order valence-corrected chi connectivity index (χ0v) is 10.1. The standard InChI is InChI=1S/C13H13NO5/c15-12(8-4-9(8)13(16)17)14-5-7-2-1-3-10-11(7)19-6-18-10/h1-3,8-9H,4-6H2,(H,14,15)(H,16,17)/t8-,9+/m1/s1. The van der Waals surface area contributed by atoms with Crippen LogP contribution in [-0.2, 0) is 16.1 Å². The highest BCUT2D eigenvalue weighted by Gasteiger charge is 2.48. The average Bonchev–Trinajstić information content (AvgIpc) is 3.06. The smallest absolute Gasteiger partial charge is 0.307 e. The molecule has 1 amide bonds. The zero-order chi connectivity index (χ0) is 13.4. The number of fused-ring (bicyclic) bond motifs is 1. The molecule has 0 spiro atoms. The Kier molecular flexibility index (Phi) is 2.77. The molecule has 1 aliphatic carbocycles. The topological polar surface area (TPSA) is 84.9 Å². The number of carboxylic acid groups (broad SMARTS) is 1. The second-order valence-corrected chi connectivity index (χ2v) is 4.66. The van der Waals surface area contributed by atoms with Crippen molar-refractivity contribution in [3.63, 3.8) is 0 Å². The summed E-state index contributed by atoms with van der Waals surface area (Å²) >= 11 is 0. The van der Waals surface area contributed by atoms with Crippen molar-refractivity contribution in [1.82, 2.24) is 5.32 Å². The molecule has 2 atom stereocenters. The van der Waals surface area contributed by atoms with Gasteiger partial charge in [-0.1, -0.05) is 12.1 Å². The van der Waals surface area contributed by atoms with Crippen molar-refractivity contribution in [2.45, 2.75) is 13.0 Å². The Balaban J connectivity index is 1.60. The molecule has 100 valence electrons. The molecule has 0 radical (unpaired) electrons. The van der Waals surface area contributed by atoms with Crippen LogP contribution in [0.2, 0.25) is 0 Å². The lowest BCUT2D eigenvalue weighted by atomic mass is 10.2. The maximum absolute atomic E-state index is 11.7. The number of rotatable bonds is 4. The fraction of sp³-hybridized carbons (Fsp3) is 0.385. The van der Waals surface area contributed by atoms with Gasteiger partial charge in [-0.3, -0.25) is 9.59 Å². The second kappa shape index (κ2) is 4.46. The summed E-state index contributed by atoms with van der Waals surface area (Å²) in [7, 11) is 0. The summed E-state index contributed by atoms with van der Waals surface area (Å²) in [4.78, 5) is 22.4. The molecular weight excluding hydrogens is 250 g/mol. The van der Waals surface area contributed by atoms with Crippen LogP contribution >= 0.6 is 0 Å².